The van der Waals surface area contributed by atoms with Gasteiger partial charge >= 0.3 is 0 Å². The van der Waals surface area contributed by atoms with Gasteiger partial charge in [-0.2, -0.15) is 0 Å². The second kappa shape index (κ2) is 6.96. The number of benzene rings is 1. The molecule has 1 aromatic rings. The van der Waals surface area contributed by atoms with Crippen molar-refractivity contribution in [3.63, 3.8) is 0 Å². The highest BCUT2D eigenvalue weighted by atomic mass is 79.9. The van der Waals surface area contributed by atoms with Gasteiger partial charge in [-0.05, 0) is 33.6 Å². The number of hydrogen-bond donors (Lipinski definition) is 2. The van der Waals surface area contributed by atoms with Gasteiger partial charge in [0.1, 0.15) is 5.82 Å². The highest BCUT2D eigenvalue weighted by Crippen LogP contribution is 2.16. The van der Waals surface area contributed by atoms with Crippen molar-refractivity contribution < 1.29 is 14.2 Å². The van der Waals surface area contributed by atoms with Crippen molar-refractivity contribution in [3.8, 4) is 0 Å². The average Bonchev–Trinajstić information content (AvgIpc) is 2.24. The fourth-order valence-corrected chi connectivity index (χ4v) is 1.53. The summed E-state index contributed by atoms with van der Waals surface area (Å²) in [7, 11) is 1.54. The molecule has 0 spiro atoms. The lowest BCUT2D eigenvalue weighted by atomic mass is 10.2. The minimum Gasteiger partial charge on any atom is -0.389 e. The van der Waals surface area contributed by atoms with E-state index < -0.39 is 6.10 Å². The first-order valence-electron chi connectivity index (χ1n) is 4.95. The average molecular weight is 292 g/mol. The van der Waals surface area contributed by atoms with Crippen LogP contribution >= 0.6 is 15.9 Å². The van der Waals surface area contributed by atoms with Gasteiger partial charge in [0.05, 0.1) is 17.2 Å². The summed E-state index contributed by atoms with van der Waals surface area (Å²) in [6.45, 7) is 1.23. The summed E-state index contributed by atoms with van der Waals surface area (Å²) in [5, 5.41) is 12.4. The van der Waals surface area contributed by atoms with E-state index in [0.29, 0.717) is 24.2 Å². The Kier molecular flexibility index (Phi) is 5.90. The maximum atomic E-state index is 13.1. The molecule has 16 heavy (non-hydrogen) atoms. The predicted octanol–water partition coefficient (Wildman–Crippen LogP) is 1.69. The van der Waals surface area contributed by atoms with E-state index in [9.17, 15) is 9.50 Å². The highest BCUT2D eigenvalue weighted by Gasteiger charge is 2.03. The molecule has 0 radical (unpaired) electrons. The van der Waals surface area contributed by atoms with Gasteiger partial charge in [-0.15, -0.1) is 0 Å². The van der Waals surface area contributed by atoms with Crippen LogP contribution < -0.4 is 5.32 Å². The summed E-state index contributed by atoms with van der Waals surface area (Å²) >= 11 is 3.09. The first kappa shape index (κ1) is 13.6. The molecule has 0 aliphatic carbocycles. The van der Waals surface area contributed by atoms with E-state index in [4.69, 9.17) is 4.74 Å². The summed E-state index contributed by atoms with van der Waals surface area (Å²) in [6.07, 6.45) is -0.537. The van der Waals surface area contributed by atoms with Crippen molar-refractivity contribution in [2.45, 2.75) is 12.6 Å². The van der Waals surface area contributed by atoms with Crippen molar-refractivity contribution in [1.82, 2.24) is 5.32 Å². The van der Waals surface area contributed by atoms with E-state index >= 15 is 0 Å². The largest absolute Gasteiger partial charge is 0.389 e. The zero-order chi connectivity index (χ0) is 12.0. The Morgan fingerprint density at radius 3 is 2.94 bits per heavy atom. The number of ether oxygens (including phenoxy) is 1. The fraction of sp³-hybridized carbons (Fsp3) is 0.455. The van der Waals surface area contributed by atoms with Crippen LogP contribution in [0.1, 0.15) is 5.56 Å². The molecule has 0 fully saturated rings. The molecule has 1 rings (SSSR count). The third kappa shape index (κ3) is 4.57. The maximum absolute atomic E-state index is 13.1. The van der Waals surface area contributed by atoms with Crippen LogP contribution in [0.3, 0.4) is 0 Å². The van der Waals surface area contributed by atoms with Gasteiger partial charge in [-0.1, -0.05) is 6.07 Å². The van der Waals surface area contributed by atoms with E-state index in [1.165, 1.54) is 13.2 Å². The number of rotatable bonds is 6. The first-order valence-corrected chi connectivity index (χ1v) is 5.74. The lowest BCUT2D eigenvalue weighted by Crippen LogP contribution is -2.29. The molecule has 0 aliphatic heterocycles. The van der Waals surface area contributed by atoms with Crippen molar-refractivity contribution in [2.24, 2.45) is 0 Å². The number of halogens is 2. The summed E-state index contributed by atoms with van der Waals surface area (Å²) in [5.74, 6) is -0.281. The molecule has 3 nitrogen and oxygen atoms in total. The normalized spacial score (nSPS) is 12.8. The van der Waals surface area contributed by atoms with Crippen LogP contribution in [0, 0.1) is 5.82 Å². The third-order valence-electron chi connectivity index (χ3n) is 2.05. The standard InChI is InChI=1S/C11H15BrFNO2/c1-16-7-9(15)6-14-5-8-2-3-10(12)11(13)4-8/h2-4,9,14-15H,5-7H2,1H3. The number of aliphatic hydroxyl groups is 1. The van der Waals surface area contributed by atoms with Crippen LogP contribution in [0.4, 0.5) is 4.39 Å². The predicted molar refractivity (Wildman–Crippen MR) is 63.7 cm³/mol. The SMILES string of the molecule is COCC(O)CNCc1ccc(Br)c(F)c1. The molecule has 5 heteroatoms. The summed E-state index contributed by atoms with van der Waals surface area (Å²) in [5.41, 5.74) is 0.838. The molecule has 1 atom stereocenters. The Balaban J connectivity index is 2.34. The molecule has 0 aromatic heterocycles. The van der Waals surface area contributed by atoms with Crippen LogP contribution in [0.25, 0.3) is 0 Å². The Labute approximate surface area is 103 Å². The number of hydrogen-bond acceptors (Lipinski definition) is 3. The van der Waals surface area contributed by atoms with Crippen molar-refractivity contribution in [2.75, 3.05) is 20.3 Å². The molecule has 90 valence electrons. The second-order valence-corrected chi connectivity index (χ2v) is 4.34. The third-order valence-corrected chi connectivity index (χ3v) is 2.70. The van der Waals surface area contributed by atoms with Gasteiger partial charge in [-0.3, -0.25) is 0 Å². The Hall–Kier alpha value is -0.490. The summed E-state index contributed by atoms with van der Waals surface area (Å²) < 4.78 is 18.4. The van der Waals surface area contributed by atoms with E-state index in [-0.39, 0.29) is 5.82 Å². The zero-order valence-corrected chi connectivity index (χ0v) is 10.6. The van der Waals surface area contributed by atoms with Crippen molar-refractivity contribution in [1.29, 1.82) is 0 Å². The summed E-state index contributed by atoms with van der Waals surface area (Å²) in [4.78, 5) is 0. The monoisotopic (exact) mass is 291 g/mol. The summed E-state index contributed by atoms with van der Waals surface area (Å²) in [6, 6.07) is 4.95. The lowest BCUT2D eigenvalue weighted by Gasteiger charge is -2.10. The van der Waals surface area contributed by atoms with Crippen LogP contribution in [0.2, 0.25) is 0 Å². The van der Waals surface area contributed by atoms with Crippen molar-refractivity contribution in [3.05, 3.63) is 34.1 Å². The maximum Gasteiger partial charge on any atom is 0.137 e. The number of aliphatic hydroxyl groups excluding tert-OH is 1. The number of nitrogens with one attached hydrogen (secondary N) is 1. The Morgan fingerprint density at radius 1 is 1.56 bits per heavy atom. The van der Waals surface area contributed by atoms with Gasteiger partial charge in [0.2, 0.25) is 0 Å². The van der Waals surface area contributed by atoms with Crippen LogP contribution in [-0.2, 0) is 11.3 Å². The Bertz CT molecular complexity index is 336. The molecule has 0 saturated heterocycles. The molecular formula is C11H15BrFNO2. The zero-order valence-electron chi connectivity index (χ0n) is 9.04. The molecule has 0 aliphatic rings. The van der Waals surface area contributed by atoms with Crippen molar-refractivity contribution >= 4 is 15.9 Å². The van der Waals surface area contributed by atoms with Gasteiger partial charge in [-0.25, -0.2) is 4.39 Å². The van der Waals surface area contributed by atoms with Gasteiger partial charge in [0.25, 0.3) is 0 Å². The van der Waals surface area contributed by atoms with Gasteiger partial charge < -0.3 is 15.2 Å². The molecule has 1 aromatic carbocycles. The molecule has 0 heterocycles. The molecular weight excluding hydrogens is 277 g/mol. The topological polar surface area (TPSA) is 41.5 Å². The van der Waals surface area contributed by atoms with E-state index in [0.717, 1.165) is 5.56 Å². The van der Waals surface area contributed by atoms with Gasteiger partial charge in [0.15, 0.2) is 0 Å². The number of methoxy groups -OCH3 is 1. The minimum absolute atomic E-state index is 0.281. The smallest absolute Gasteiger partial charge is 0.137 e. The van der Waals surface area contributed by atoms with E-state index in [2.05, 4.69) is 21.2 Å². The molecule has 2 N–H and O–H groups in total. The second-order valence-electron chi connectivity index (χ2n) is 3.49. The highest BCUT2D eigenvalue weighted by molar-refractivity contribution is 9.10. The van der Waals surface area contributed by atoms with Crippen LogP contribution in [0.15, 0.2) is 22.7 Å². The molecule has 0 saturated carbocycles. The minimum atomic E-state index is -0.537. The fourth-order valence-electron chi connectivity index (χ4n) is 1.28. The van der Waals surface area contributed by atoms with Crippen LogP contribution in [0.5, 0.6) is 0 Å². The Morgan fingerprint density at radius 2 is 2.31 bits per heavy atom. The van der Waals surface area contributed by atoms with Crippen LogP contribution in [-0.4, -0.2) is 31.5 Å². The van der Waals surface area contributed by atoms with E-state index in [1.54, 1.807) is 6.07 Å². The molecule has 0 bridgehead atoms. The quantitative estimate of drug-likeness (QED) is 0.838. The molecule has 0 amide bonds. The van der Waals surface area contributed by atoms with E-state index in [1.807, 2.05) is 6.07 Å². The van der Waals surface area contributed by atoms with Gasteiger partial charge in [0, 0.05) is 20.2 Å². The molecule has 1 unspecified atom stereocenters. The lowest BCUT2D eigenvalue weighted by molar-refractivity contribution is 0.0644. The first-order chi connectivity index (χ1) is 7.63.